The first-order valence-electron chi connectivity index (χ1n) is 7.70. The van der Waals surface area contributed by atoms with Crippen LogP contribution in [0.5, 0.6) is 0 Å². The van der Waals surface area contributed by atoms with Crippen molar-refractivity contribution in [2.75, 3.05) is 5.73 Å². The second-order valence-electron chi connectivity index (χ2n) is 5.42. The highest BCUT2D eigenvalue weighted by Gasteiger charge is 2.08. The van der Waals surface area contributed by atoms with Crippen LogP contribution in [0.1, 0.15) is 12.5 Å². The number of aromatic nitrogens is 6. The number of rotatable bonds is 5. The van der Waals surface area contributed by atoms with Crippen molar-refractivity contribution in [2.24, 2.45) is 0 Å². The molecule has 0 atom stereocenters. The summed E-state index contributed by atoms with van der Waals surface area (Å²) in [5.41, 5.74) is 8.34. The molecular formula is C18H16FN7. The fourth-order valence-electron chi connectivity index (χ4n) is 2.18. The number of tetrazole rings is 1. The molecule has 0 amide bonds. The Kier molecular flexibility index (Phi) is 4.93. The Morgan fingerprint density at radius 1 is 1.23 bits per heavy atom. The van der Waals surface area contributed by atoms with Gasteiger partial charge >= 0.3 is 0 Å². The molecule has 0 aromatic carbocycles. The van der Waals surface area contributed by atoms with E-state index in [-0.39, 0.29) is 0 Å². The van der Waals surface area contributed by atoms with Crippen LogP contribution in [0.2, 0.25) is 0 Å². The summed E-state index contributed by atoms with van der Waals surface area (Å²) >= 11 is 0. The van der Waals surface area contributed by atoms with Crippen LogP contribution in [-0.2, 0) is 0 Å². The van der Waals surface area contributed by atoms with E-state index in [1.807, 2.05) is 6.07 Å². The number of allylic oxidation sites excluding steroid dienone is 5. The molecule has 0 bridgehead atoms. The third-order valence-corrected chi connectivity index (χ3v) is 3.48. The zero-order valence-electron chi connectivity index (χ0n) is 14.0. The van der Waals surface area contributed by atoms with Gasteiger partial charge in [-0.05, 0) is 48.1 Å². The molecule has 0 fully saturated rings. The molecule has 3 rings (SSSR count). The summed E-state index contributed by atoms with van der Waals surface area (Å²) in [5.74, 6) is -0.164. The van der Waals surface area contributed by atoms with Crippen molar-refractivity contribution in [1.82, 2.24) is 30.2 Å². The van der Waals surface area contributed by atoms with Gasteiger partial charge in [-0.3, -0.25) is 9.97 Å². The van der Waals surface area contributed by atoms with Crippen LogP contribution in [0.3, 0.4) is 0 Å². The van der Waals surface area contributed by atoms with Gasteiger partial charge in [0.15, 0.2) is 0 Å². The first-order valence-corrected chi connectivity index (χ1v) is 7.70. The van der Waals surface area contributed by atoms with E-state index in [9.17, 15) is 4.39 Å². The molecule has 8 heteroatoms. The number of hydrogen-bond donors (Lipinski definition) is 1. The normalized spacial score (nSPS) is 12.2. The number of nitrogens with zero attached hydrogens (tertiary/aromatic N) is 6. The van der Waals surface area contributed by atoms with Crippen molar-refractivity contribution in [3.63, 3.8) is 0 Å². The fourth-order valence-corrected chi connectivity index (χ4v) is 2.18. The van der Waals surface area contributed by atoms with E-state index in [2.05, 4.69) is 32.0 Å². The number of pyridine rings is 2. The van der Waals surface area contributed by atoms with Crippen LogP contribution in [0.4, 0.5) is 10.1 Å². The van der Waals surface area contributed by atoms with Gasteiger partial charge in [-0.2, -0.15) is 0 Å². The zero-order chi connectivity index (χ0) is 18.5. The minimum absolute atomic E-state index is 0.357. The van der Waals surface area contributed by atoms with Gasteiger partial charge in [0.25, 0.3) is 0 Å². The molecular weight excluding hydrogens is 333 g/mol. The van der Waals surface area contributed by atoms with Gasteiger partial charge < -0.3 is 5.73 Å². The summed E-state index contributed by atoms with van der Waals surface area (Å²) in [6.45, 7) is 5.49. The Labute approximate surface area is 149 Å². The van der Waals surface area contributed by atoms with E-state index in [1.165, 1.54) is 23.1 Å². The smallest absolute Gasteiger partial charge is 0.223 e. The summed E-state index contributed by atoms with van der Waals surface area (Å²) in [7, 11) is 0. The van der Waals surface area contributed by atoms with Crippen LogP contribution in [-0.4, -0.2) is 30.2 Å². The molecule has 0 aliphatic heterocycles. The predicted octanol–water partition coefficient (Wildman–Crippen LogP) is 3.14. The zero-order valence-corrected chi connectivity index (χ0v) is 14.0. The first-order chi connectivity index (χ1) is 12.5. The van der Waals surface area contributed by atoms with Gasteiger partial charge in [0.05, 0.1) is 5.70 Å². The maximum absolute atomic E-state index is 14.3. The average Bonchev–Trinajstić information content (AvgIpc) is 3.13. The van der Waals surface area contributed by atoms with Gasteiger partial charge in [-0.1, -0.05) is 12.6 Å². The maximum Gasteiger partial charge on any atom is 0.223 e. The van der Waals surface area contributed by atoms with Crippen molar-refractivity contribution in [1.29, 1.82) is 0 Å². The molecule has 3 heterocycles. The summed E-state index contributed by atoms with van der Waals surface area (Å²) < 4.78 is 14.3. The monoisotopic (exact) mass is 349 g/mol. The molecule has 3 aromatic heterocycles. The minimum Gasteiger partial charge on any atom is -0.398 e. The highest BCUT2D eigenvalue weighted by molar-refractivity contribution is 5.79. The number of halogens is 1. The summed E-state index contributed by atoms with van der Waals surface area (Å²) in [4.78, 5) is 9.35. The van der Waals surface area contributed by atoms with Crippen molar-refractivity contribution in [2.45, 2.75) is 6.92 Å². The van der Waals surface area contributed by atoms with Gasteiger partial charge in [0, 0.05) is 29.8 Å². The molecule has 0 saturated heterocycles. The molecule has 0 saturated carbocycles. The molecule has 0 aliphatic rings. The molecule has 0 unspecified atom stereocenters. The van der Waals surface area contributed by atoms with E-state index in [0.717, 1.165) is 0 Å². The average molecular weight is 349 g/mol. The number of hydrogen-bond acceptors (Lipinski definition) is 6. The third kappa shape index (κ3) is 3.86. The summed E-state index contributed by atoms with van der Waals surface area (Å²) in [5, 5.41) is 12.0. The quantitative estimate of drug-likeness (QED) is 0.711. The summed E-state index contributed by atoms with van der Waals surface area (Å²) in [6.07, 6.45) is 7.29. The van der Waals surface area contributed by atoms with Crippen LogP contribution >= 0.6 is 0 Å². The SMILES string of the molecule is C=C(/C=C(F)\C=C(/C)n1nnc(-c2ccccn2)n1)c1cnccc1N. The Balaban J connectivity index is 1.80. The van der Waals surface area contributed by atoms with Crippen molar-refractivity contribution < 1.29 is 4.39 Å². The molecule has 0 spiro atoms. The van der Waals surface area contributed by atoms with Gasteiger partial charge in [-0.15, -0.1) is 15.0 Å². The predicted molar refractivity (Wildman–Crippen MR) is 97.9 cm³/mol. The second kappa shape index (κ2) is 7.47. The molecule has 2 N–H and O–H groups in total. The van der Waals surface area contributed by atoms with E-state index < -0.39 is 5.83 Å². The minimum atomic E-state index is -0.521. The lowest BCUT2D eigenvalue weighted by atomic mass is 10.1. The van der Waals surface area contributed by atoms with E-state index >= 15 is 0 Å². The molecule has 26 heavy (non-hydrogen) atoms. The standard InChI is InChI=1S/C18H16FN7/c1-12(15-11-21-8-6-16(15)20)9-14(19)10-13(2)26-24-18(23-25-26)17-5-3-4-7-22-17/h3-11H,1H2,2H3,(H2,20,21)/b13-10+,14-9+. The topological polar surface area (TPSA) is 95.4 Å². The number of anilines is 1. The third-order valence-electron chi connectivity index (χ3n) is 3.48. The lowest BCUT2D eigenvalue weighted by molar-refractivity contribution is 0.661. The summed E-state index contributed by atoms with van der Waals surface area (Å²) in [6, 6.07) is 7.01. The van der Waals surface area contributed by atoms with E-state index in [1.54, 1.807) is 37.5 Å². The van der Waals surface area contributed by atoms with Crippen molar-refractivity contribution in [3.8, 4) is 11.5 Å². The Hall–Kier alpha value is -3.68. The lowest BCUT2D eigenvalue weighted by Crippen LogP contribution is -1.99. The second-order valence-corrected chi connectivity index (χ2v) is 5.42. The van der Waals surface area contributed by atoms with Gasteiger partial charge in [-0.25, -0.2) is 4.39 Å². The highest BCUT2D eigenvalue weighted by Crippen LogP contribution is 2.22. The molecule has 0 aliphatic carbocycles. The first kappa shape index (κ1) is 17.2. The fraction of sp³-hybridized carbons (Fsp3) is 0.0556. The van der Waals surface area contributed by atoms with E-state index in [4.69, 9.17) is 5.73 Å². The highest BCUT2D eigenvalue weighted by atomic mass is 19.1. The van der Waals surface area contributed by atoms with Crippen LogP contribution < -0.4 is 5.73 Å². The van der Waals surface area contributed by atoms with Gasteiger partial charge in [0.1, 0.15) is 11.5 Å². The van der Waals surface area contributed by atoms with Gasteiger partial charge in [0.2, 0.25) is 5.82 Å². The molecule has 130 valence electrons. The maximum atomic E-state index is 14.3. The van der Waals surface area contributed by atoms with Crippen LogP contribution in [0.15, 0.2) is 67.4 Å². The molecule has 3 aromatic rings. The Morgan fingerprint density at radius 3 is 2.81 bits per heavy atom. The number of nitrogens with two attached hydrogens (primary N) is 1. The van der Waals surface area contributed by atoms with E-state index in [0.29, 0.717) is 34.0 Å². The largest absolute Gasteiger partial charge is 0.398 e. The molecule has 7 nitrogen and oxygen atoms in total. The van der Waals surface area contributed by atoms with Crippen molar-refractivity contribution >= 4 is 17.0 Å². The van der Waals surface area contributed by atoms with Crippen LogP contribution in [0.25, 0.3) is 22.8 Å². The Bertz CT molecular complexity index is 990. The lowest BCUT2D eigenvalue weighted by Gasteiger charge is -2.04. The molecule has 0 radical (unpaired) electrons. The Morgan fingerprint density at radius 2 is 2.08 bits per heavy atom. The van der Waals surface area contributed by atoms with Crippen LogP contribution in [0, 0.1) is 0 Å². The van der Waals surface area contributed by atoms with Crippen molar-refractivity contribution in [3.05, 3.63) is 73.0 Å². The number of nitrogen functional groups attached to an aromatic ring is 1.